The van der Waals surface area contributed by atoms with E-state index in [0.717, 1.165) is 0 Å². The van der Waals surface area contributed by atoms with E-state index in [1.54, 1.807) is 18.4 Å². The smallest absolute Gasteiger partial charge is 0.112 e. The Morgan fingerprint density at radius 2 is 2.14 bits per heavy atom. The van der Waals surface area contributed by atoms with Gasteiger partial charge in [-0.3, -0.25) is 0 Å². The van der Waals surface area contributed by atoms with Crippen LogP contribution in [0.2, 0.25) is 0 Å². The van der Waals surface area contributed by atoms with E-state index >= 15 is 0 Å². The standard InChI is InChI=1S/C3H8ClNOS/c1-5(2)7(6)3-4/h3H2,1-2H3. The number of hydrogen-bond acceptors (Lipinski definition) is 1. The van der Waals surface area contributed by atoms with Gasteiger partial charge in [-0.2, -0.15) is 0 Å². The van der Waals surface area contributed by atoms with Gasteiger partial charge in [0.2, 0.25) is 0 Å². The summed E-state index contributed by atoms with van der Waals surface area (Å²) < 4.78 is 12.0. The lowest BCUT2D eigenvalue weighted by Gasteiger charge is -2.03. The highest BCUT2D eigenvalue weighted by Crippen LogP contribution is 1.87. The molecule has 0 aromatic carbocycles. The largest absolute Gasteiger partial charge is 0.241 e. The second-order valence-corrected chi connectivity index (χ2v) is 3.49. The summed E-state index contributed by atoms with van der Waals surface area (Å²) in [5.41, 5.74) is 0. The number of halogens is 1. The molecule has 0 bridgehead atoms. The first-order valence-corrected chi connectivity index (χ1v) is 3.61. The highest BCUT2D eigenvalue weighted by Gasteiger charge is 1.95. The van der Waals surface area contributed by atoms with Gasteiger partial charge in [0.05, 0.1) is 0 Å². The van der Waals surface area contributed by atoms with Gasteiger partial charge in [0.25, 0.3) is 0 Å². The minimum absolute atomic E-state index is 0.188. The van der Waals surface area contributed by atoms with Crippen molar-refractivity contribution in [1.29, 1.82) is 0 Å². The molecule has 0 aliphatic rings. The van der Waals surface area contributed by atoms with Crippen LogP contribution in [0, 0.1) is 0 Å². The molecule has 0 saturated carbocycles. The zero-order valence-electron chi connectivity index (χ0n) is 4.35. The van der Waals surface area contributed by atoms with E-state index < -0.39 is 11.0 Å². The average molecular weight is 142 g/mol. The lowest BCUT2D eigenvalue weighted by atomic mass is 11.3. The fourth-order valence-electron chi connectivity index (χ4n) is 0.0976. The van der Waals surface area contributed by atoms with Crippen molar-refractivity contribution in [2.45, 2.75) is 0 Å². The Balaban J connectivity index is 3.35. The van der Waals surface area contributed by atoms with Gasteiger partial charge in [-0.15, -0.1) is 11.6 Å². The maximum atomic E-state index is 10.4. The molecular formula is C3H8ClNOS. The minimum atomic E-state index is -0.980. The summed E-state index contributed by atoms with van der Waals surface area (Å²) in [6, 6.07) is 0. The fraction of sp³-hybridized carbons (Fsp3) is 1.00. The van der Waals surface area contributed by atoms with E-state index in [0.29, 0.717) is 0 Å². The summed E-state index contributed by atoms with van der Waals surface area (Å²) in [5.74, 6) is 0. The van der Waals surface area contributed by atoms with Crippen LogP contribution in [0.25, 0.3) is 0 Å². The van der Waals surface area contributed by atoms with Crippen molar-refractivity contribution < 1.29 is 4.21 Å². The van der Waals surface area contributed by atoms with E-state index in [4.69, 9.17) is 11.6 Å². The van der Waals surface area contributed by atoms with Gasteiger partial charge < -0.3 is 0 Å². The Labute approximate surface area is 51.0 Å². The average Bonchev–Trinajstić information content (AvgIpc) is 1.65. The summed E-state index contributed by atoms with van der Waals surface area (Å²) in [4.78, 5) is 0. The van der Waals surface area contributed by atoms with Gasteiger partial charge in [0, 0.05) is 0 Å². The second-order valence-electron chi connectivity index (χ2n) is 1.24. The number of hydrogen-bond donors (Lipinski definition) is 0. The first kappa shape index (κ1) is 7.40. The van der Waals surface area contributed by atoms with Crippen molar-refractivity contribution in [3.8, 4) is 0 Å². The Morgan fingerprint density at radius 1 is 1.71 bits per heavy atom. The van der Waals surface area contributed by atoms with Gasteiger partial charge in [0.15, 0.2) is 0 Å². The van der Waals surface area contributed by atoms with E-state index in [2.05, 4.69) is 0 Å². The molecule has 0 radical (unpaired) electrons. The zero-order chi connectivity index (χ0) is 5.86. The molecule has 0 saturated heterocycles. The van der Waals surface area contributed by atoms with Crippen LogP contribution in [0.3, 0.4) is 0 Å². The molecule has 7 heavy (non-hydrogen) atoms. The van der Waals surface area contributed by atoms with Crippen molar-refractivity contribution in [3.05, 3.63) is 0 Å². The predicted octanol–water partition coefficient (Wildman–Crippen LogP) is 0.408. The van der Waals surface area contributed by atoms with Crippen molar-refractivity contribution >= 4 is 22.6 Å². The first-order chi connectivity index (χ1) is 3.18. The molecule has 44 valence electrons. The molecule has 1 atom stereocenters. The molecular weight excluding hydrogens is 134 g/mol. The Morgan fingerprint density at radius 3 is 2.14 bits per heavy atom. The quantitative estimate of drug-likeness (QED) is 0.510. The number of alkyl halides is 1. The third-order valence-electron chi connectivity index (χ3n) is 0.501. The minimum Gasteiger partial charge on any atom is -0.241 e. The molecule has 0 aromatic heterocycles. The third kappa shape index (κ3) is 3.02. The maximum Gasteiger partial charge on any atom is 0.112 e. The topological polar surface area (TPSA) is 20.3 Å². The van der Waals surface area contributed by atoms with Gasteiger partial charge >= 0.3 is 0 Å². The molecule has 0 rings (SSSR count). The molecule has 0 heterocycles. The summed E-state index contributed by atoms with van der Waals surface area (Å²) in [7, 11) is 2.46. The first-order valence-electron chi connectivity index (χ1n) is 1.80. The van der Waals surface area contributed by atoms with Crippen molar-refractivity contribution in [2.24, 2.45) is 0 Å². The van der Waals surface area contributed by atoms with E-state index in [9.17, 15) is 4.21 Å². The van der Waals surface area contributed by atoms with Gasteiger partial charge in [-0.05, 0) is 14.1 Å². The summed E-state index contributed by atoms with van der Waals surface area (Å²) in [6.45, 7) is 0. The lowest BCUT2D eigenvalue weighted by Crippen LogP contribution is -2.15. The van der Waals surface area contributed by atoms with Crippen LogP contribution in [0.1, 0.15) is 0 Å². The highest BCUT2D eigenvalue weighted by molar-refractivity contribution is 7.83. The Hall–Kier alpha value is 0.400. The zero-order valence-corrected chi connectivity index (χ0v) is 5.92. The highest BCUT2D eigenvalue weighted by atomic mass is 35.5. The van der Waals surface area contributed by atoms with Crippen molar-refractivity contribution in [2.75, 3.05) is 19.3 Å². The van der Waals surface area contributed by atoms with Crippen LogP contribution in [-0.4, -0.2) is 27.8 Å². The van der Waals surface area contributed by atoms with Crippen molar-refractivity contribution in [3.63, 3.8) is 0 Å². The molecule has 0 amide bonds. The molecule has 4 heteroatoms. The van der Waals surface area contributed by atoms with E-state index in [-0.39, 0.29) is 5.21 Å². The molecule has 0 aliphatic carbocycles. The molecule has 0 aliphatic heterocycles. The number of rotatable bonds is 2. The predicted molar refractivity (Wildman–Crippen MR) is 32.5 cm³/mol. The van der Waals surface area contributed by atoms with E-state index in [1.165, 1.54) is 0 Å². The second kappa shape index (κ2) is 3.41. The molecule has 2 nitrogen and oxygen atoms in total. The summed E-state index contributed by atoms with van der Waals surface area (Å²) in [5, 5.41) is 0.188. The van der Waals surface area contributed by atoms with Crippen LogP contribution in [-0.2, 0) is 11.0 Å². The van der Waals surface area contributed by atoms with E-state index in [1.807, 2.05) is 0 Å². The Kier molecular flexibility index (Phi) is 3.60. The SMILES string of the molecule is CN(C)S(=O)CCl. The third-order valence-corrected chi connectivity index (χ3v) is 2.06. The molecule has 0 fully saturated rings. The molecule has 0 spiro atoms. The lowest BCUT2D eigenvalue weighted by molar-refractivity contribution is 0.607. The van der Waals surface area contributed by atoms with Gasteiger partial charge in [-0.25, -0.2) is 8.51 Å². The fourth-order valence-corrected chi connectivity index (χ4v) is 0.878. The summed E-state index contributed by atoms with van der Waals surface area (Å²) >= 11 is 5.21. The van der Waals surface area contributed by atoms with Crippen LogP contribution >= 0.6 is 11.6 Å². The van der Waals surface area contributed by atoms with Crippen molar-refractivity contribution in [1.82, 2.24) is 4.31 Å². The molecule has 0 N–H and O–H groups in total. The monoisotopic (exact) mass is 141 g/mol. The maximum absolute atomic E-state index is 10.4. The number of nitrogens with zero attached hydrogens (tertiary/aromatic N) is 1. The summed E-state index contributed by atoms with van der Waals surface area (Å²) in [6.07, 6.45) is 0. The van der Waals surface area contributed by atoms with Crippen LogP contribution in [0.15, 0.2) is 0 Å². The molecule has 1 unspecified atom stereocenters. The van der Waals surface area contributed by atoms with Gasteiger partial charge in [0.1, 0.15) is 16.2 Å². The van der Waals surface area contributed by atoms with Crippen LogP contribution in [0.5, 0.6) is 0 Å². The normalized spacial score (nSPS) is 14.9. The van der Waals surface area contributed by atoms with Gasteiger partial charge in [-0.1, -0.05) is 0 Å². The van der Waals surface area contributed by atoms with Crippen LogP contribution < -0.4 is 0 Å². The molecule has 0 aromatic rings. The Bertz CT molecular complexity index is 75.3. The van der Waals surface area contributed by atoms with Crippen LogP contribution in [0.4, 0.5) is 0 Å².